The summed E-state index contributed by atoms with van der Waals surface area (Å²) in [6.07, 6.45) is 3.98. The third-order valence-electron chi connectivity index (χ3n) is 4.60. The molecule has 2 rings (SSSR count). The van der Waals surface area contributed by atoms with E-state index in [0.29, 0.717) is 24.7 Å². The van der Waals surface area contributed by atoms with Gasteiger partial charge in [-0.3, -0.25) is 19.2 Å². The number of rotatable bonds is 6. The van der Waals surface area contributed by atoms with E-state index in [1.54, 1.807) is 0 Å². The highest BCUT2D eigenvalue weighted by molar-refractivity contribution is 5.95. The van der Waals surface area contributed by atoms with Crippen molar-refractivity contribution in [1.82, 2.24) is 9.80 Å². The molecule has 1 aromatic rings. The molecule has 0 bridgehead atoms. The highest BCUT2D eigenvalue weighted by Gasteiger charge is 2.21. The number of nitrogens with zero attached hydrogens (tertiary/aromatic N) is 2. The molecule has 1 heterocycles. The number of hydrogen-bond acceptors (Lipinski definition) is 6. The molecule has 31 heavy (non-hydrogen) atoms. The summed E-state index contributed by atoms with van der Waals surface area (Å²) in [7, 11) is 5.79. The summed E-state index contributed by atoms with van der Waals surface area (Å²) in [6, 6.07) is 5.91. The number of aryl methyl sites for hydroxylation is 1. The second kappa shape index (κ2) is 15.8. The Kier molecular flexibility index (Phi) is 14.3. The number of hydrogen-bond donors (Lipinski definition) is 4. The largest absolute Gasteiger partial charge is 0.483 e. The molecule has 0 spiro atoms. The van der Waals surface area contributed by atoms with Gasteiger partial charge < -0.3 is 30.6 Å². The average Bonchev–Trinajstić information content (AvgIpc) is 2.67. The fraction of sp³-hybridized carbons (Fsp3) is 0.524. The molecule has 10 heteroatoms. The van der Waals surface area contributed by atoms with Gasteiger partial charge in [-0.2, -0.15) is 0 Å². The molecule has 1 aromatic carbocycles. The van der Waals surface area contributed by atoms with Crippen LogP contribution in [-0.4, -0.2) is 85.0 Å². The Hall–Kier alpha value is -2.98. The molecule has 1 unspecified atom stereocenters. The van der Waals surface area contributed by atoms with Crippen LogP contribution in [0.4, 0.5) is 11.4 Å². The van der Waals surface area contributed by atoms with Crippen LogP contribution in [0.3, 0.4) is 0 Å². The van der Waals surface area contributed by atoms with Crippen LogP contribution < -0.4 is 10.6 Å². The van der Waals surface area contributed by atoms with E-state index >= 15 is 0 Å². The van der Waals surface area contributed by atoms with Crippen molar-refractivity contribution in [3.05, 3.63) is 23.8 Å². The molecule has 1 fully saturated rings. The summed E-state index contributed by atoms with van der Waals surface area (Å²) in [5, 5.41) is 19.6. The second-order valence-corrected chi connectivity index (χ2v) is 7.41. The first-order chi connectivity index (χ1) is 14.7. The number of likely N-dealkylation sites (tertiary alicyclic amines) is 1. The summed E-state index contributed by atoms with van der Waals surface area (Å²) in [6.45, 7) is 2.84. The van der Waals surface area contributed by atoms with Crippen molar-refractivity contribution in [3.63, 3.8) is 0 Å². The molecular weight excluding hydrogens is 404 g/mol. The Bertz CT molecular complexity index is 705. The number of benzene rings is 1. The second-order valence-electron chi connectivity index (χ2n) is 7.41. The Balaban J connectivity index is 0.00000134. The first kappa shape index (κ1) is 28.0. The van der Waals surface area contributed by atoms with Gasteiger partial charge in [0.05, 0.1) is 6.54 Å². The first-order valence-electron chi connectivity index (χ1n) is 9.89. The number of piperidine rings is 1. The zero-order valence-electron chi connectivity index (χ0n) is 18.6. The van der Waals surface area contributed by atoms with E-state index in [-0.39, 0.29) is 24.8 Å². The highest BCUT2D eigenvalue weighted by atomic mass is 16.3. The molecule has 1 aliphatic rings. The van der Waals surface area contributed by atoms with E-state index in [0.717, 1.165) is 24.2 Å². The van der Waals surface area contributed by atoms with E-state index < -0.39 is 0 Å². The molecule has 0 aromatic heterocycles. The molecule has 0 radical (unpaired) electrons. The van der Waals surface area contributed by atoms with Crippen LogP contribution in [-0.2, 0) is 19.2 Å². The van der Waals surface area contributed by atoms with Crippen molar-refractivity contribution >= 4 is 36.1 Å². The number of likely N-dealkylation sites (N-methyl/N-ethyl adjacent to an activating group) is 1. The molecule has 1 atom stereocenters. The van der Waals surface area contributed by atoms with Crippen molar-refractivity contribution in [2.45, 2.75) is 38.6 Å². The Morgan fingerprint density at radius 3 is 2.29 bits per heavy atom. The maximum atomic E-state index is 12.4. The molecule has 0 saturated carbocycles. The minimum Gasteiger partial charge on any atom is -0.483 e. The minimum absolute atomic E-state index is 0.0265. The topological polar surface area (TPSA) is 139 Å². The van der Waals surface area contributed by atoms with Gasteiger partial charge in [0.15, 0.2) is 0 Å². The maximum absolute atomic E-state index is 12.4. The number of carboxylic acid groups (broad SMARTS) is 2. The van der Waals surface area contributed by atoms with E-state index in [2.05, 4.69) is 22.6 Å². The Labute approximate surface area is 183 Å². The molecule has 1 aliphatic heterocycles. The van der Waals surface area contributed by atoms with Crippen LogP contribution in [0.5, 0.6) is 0 Å². The third kappa shape index (κ3) is 12.3. The molecule has 4 N–H and O–H groups in total. The monoisotopic (exact) mass is 438 g/mol. The summed E-state index contributed by atoms with van der Waals surface area (Å²) >= 11 is 0. The van der Waals surface area contributed by atoms with Crippen LogP contribution in [0.2, 0.25) is 0 Å². The summed E-state index contributed by atoms with van der Waals surface area (Å²) in [4.78, 5) is 45.1. The van der Waals surface area contributed by atoms with Crippen molar-refractivity contribution in [2.75, 3.05) is 44.9 Å². The summed E-state index contributed by atoms with van der Waals surface area (Å²) < 4.78 is 0. The van der Waals surface area contributed by atoms with Crippen molar-refractivity contribution in [3.8, 4) is 0 Å². The van der Waals surface area contributed by atoms with Crippen LogP contribution in [0, 0.1) is 6.92 Å². The molecule has 2 amide bonds. The van der Waals surface area contributed by atoms with Crippen molar-refractivity contribution in [2.24, 2.45) is 0 Å². The lowest BCUT2D eigenvalue weighted by atomic mass is 10.00. The average molecular weight is 439 g/mol. The van der Waals surface area contributed by atoms with Gasteiger partial charge in [0.25, 0.3) is 12.9 Å². The van der Waals surface area contributed by atoms with Crippen molar-refractivity contribution in [1.29, 1.82) is 0 Å². The standard InChI is InChI=1S/C19H30N4O2.2CH2O2/c1-14-8-9-15(20-19(25)13-22(2)3)11-17(14)21-18(24)12-16-7-5-6-10-23(16)4;2*2-1-3/h8-9,11,16H,5-7,10,12-13H2,1-4H3,(H,20,25)(H,21,24);2*1H,(H,2,3). The predicted octanol–water partition coefficient (Wildman–Crippen LogP) is 1.71. The van der Waals surface area contributed by atoms with Gasteiger partial charge in [0, 0.05) is 23.8 Å². The normalized spacial score (nSPS) is 15.5. The van der Waals surface area contributed by atoms with Crippen LogP contribution in [0.15, 0.2) is 18.2 Å². The van der Waals surface area contributed by atoms with Gasteiger partial charge in [-0.15, -0.1) is 0 Å². The van der Waals surface area contributed by atoms with E-state index in [1.807, 2.05) is 44.1 Å². The van der Waals surface area contributed by atoms with Crippen LogP contribution in [0.1, 0.15) is 31.2 Å². The van der Waals surface area contributed by atoms with Crippen LogP contribution in [0.25, 0.3) is 0 Å². The molecule has 1 saturated heterocycles. The lowest BCUT2D eigenvalue weighted by Crippen LogP contribution is -2.38. The Morgan fingerprint density at radius 1 is 1.13 bits per heavy atom. The Morgan fingerprint density at radius 2 is 1.74 bits per heavy atom. The predicted molar refractivity (Wildman–Crippen MR) is 119 cm³/mol. The van der Waals surface area contributed by atoms with E-state index in [1.165, 1.54) is 12.8 Å². The van der Waals surface area contributed by atoms with Gasteiger partial charge in [0.2, 0.25) is 11.8 Å². The minimum atomic E-state index is -0.250. The zero-order valence-corrected chi connectivity index (χ0v) is 18.6. The fourth-order valence-corrected chi connectivity index (χ4v) is 3.14. The SMILES string of the molecule is Cc1ccc(NC(=O)CN(C)C)cc1NC(=O)CC1CCCCN1C.O=CO.O=CO. The van der Waals surface area contributed by atoms with Gasteiger partial charge >= 0.3 is 0 Å². The third-order valence-corrected chi connectivity index (χ3v) is 4.60. The lowest BCUT2D eigenvalue weighted by molar-refractivity contribution is -0.123. The van der Waals surface area contributed by atoms with Crippen LogP contribution >= 0.6 is 0 Å². The lowest BCUT2D eigenvalue weighted by Gasteiger charge is -2.32. The number of amides is 2. The summed E-state index contributed by atoms with van der Waals surface area (Å²) in [5.74, 6) is -0.0476. The molecular formula is C21H34N4O6. The fourth-order valence-electron chi connectivity index (χ4n) is 3.14. The van der Waals surface area contributed by atoms with E-state index in [4.69, 9.17) is 19.8 Å². The van der Waals surface area contributed by atoms with Gasteiger partial charge in [-0.05, 0) is 65.1 Å². The molecule has 174 valence electrons. The number of carbonyl (C=O) groups is 4. The number of anilines is 2. The molecule has 0 aliphatic carbocycles. The van der Waals surface area contributed by atoms with Crippen molar-refractivity contribution < 1.29 is 29.4 Å². The highest BCUT2D eigenvalue weighted by Crippen LogP contribution is 2.22. The molecule has 10 nitrogen and oxygen atoms in total. The number of nitrogens with one attached hydrogen (secondary N) is 2. The number of carbonyl (C=O) groups excluding carboxylic acids is 2. The summed E-state index contributed by atoms with van der Waals surface area (Å²) in [5.41, 5.74) is 2.43. The smallest absolute Gasteiger partial charge is 0.290 e. The maximum Gasteiger partial charge on any atom is 0.290 e. The van der Waals surface area contributed by atoms with E-state index in [9.17, 15) is 9.59 Å². The quantitative estimate of drug-likeness (QED) is 0.492. The first-order valence-corrected chi connectivity index (χ1v) is 9.89. The van der Waals surface area contributed by atoms with Gasteiger partial charge in [-0.1, -0.05) is 12.5 Å². The van der Waals surface area contributed by atoms with Gasteiger partial charge in [-0.25, -0.2) is 0 Å². The van der Waals surface area contributed by atoms with Gasteiger partial charge in [0.1, 0.15) is 0 Å². The zero-order chi connectivity index (χ0) is 23.8.